The van der Waals surface area contributed by atoms with Crippen LogP contribution in [0.3, 0.4) is 0 Å². The van der Waals surface area contributed by atoms with Gasteiger partial charge in [0.1, 0.15) is 5.60 Å². The van der Waals surface area contributed by atoms with Crippen LogP contribution >= 0.6 is 12.4 Å². The minimum Gasteiger partial charge on any atom is -0.456 e. The number of carbonyl (C=O) groups is 2. The number of aliphatic hydroxyl groups is 1. The van der Waals surface area contributed by atoms with Crippen molar-refractivity contribution in [3.05, 3.63) is 35.9 Å². The summed E-state index contributed by atoms with van der Waals surface area (Å²) in [6.45, 7) is 5.45. The Hall–Kier alpha value is -1.63. The van der Waals surface area contributed by atoms with E-state index in [4.69, 9.17) is 10.5 Å². The molecule has 0 spiro atoms. The largest absolute Gasteiger partial charge is 0.456 e. The van der Waals surface area contributed by atoms with Gasteiger partial charge in [-0.3, -0.25) is 4.79 Å². The molecule has 0 aliphatic carbocycles. The maximum absolute atomic E-state index is 12.7. The quantitative estimate of drug-likeness (QED) is 0.743. The summed E-state index contributed by atoms with van der Waals surface area (Å²) in [4.78, 5) is 26.5. The predicted octanol–water partition coefficient (Wildman–Crippen LogP) is 2.41. The average Bonchev–Trinajstić information content (AvgIpc) is 2.56. The van der Waals surface area contributed by atoms with E-state index in [9.17, 15) is 14.7 Å². The van der Waals surface area contributed by atoms with Crippen molar-refractivity contribution >= 4 is 24.3 Å². The van der Waals surface area contributed by atoms with E-state index in [0.717, 1.165) is 12.0 Å². The molecule has 1 aromatic rings. The Morgan fingerprint density at radius 1 is 1.30 bits per heavy atom. The number of nitrogens with zero attached hydrogens (tertiary/aromatic N) is 1. The summed E-state index contributed by atoms with van der Waals surface area (Å²) < 4.78 is 5.34. The van der Waals surface area contributed by atoms with Gasteiger partial charge in [0.2, 0.25) is 5.91 Å². The number of halogens is 1. The summed E-state index contributed by atoms with van der Waals surface area (Å²) in [6.07, 6.45) is 2.75. The first-order chi connectivity index (χ1) is 12.1. The molecule has 2 rings (SSSR count). The molecule has 1 saturated heterocycles. The molecule has 1 aliphatic rings. The van der Waals surface area contributed by atoms with Crippen molar-refractivity contribution in [2.75, 3.05) is 6.54 Å². The lowest BCUT2D eigenvalue weighted by molar-refractivity contribution is -0.212. The molecule has 1 heterocycles. The fraction of sp³-hybridized carbons (Fsp3) is 0.600. The highest BCUT2D eigenvalue weighted by Gasteiger charge is 2.53. The number of ether oxygens (including phenoxy) is 1. The van der Waals surface area contributed by atoms with Gasteiger partial charge in [0.05, 0.1) is 6.04 Å². The number of esters is 1. The molecule has 3 N–H and O–H groups in total. The molecule has 6 nitrogen and oxygen atoms in total. The molecule has 0 bridgehead atoms. The van der Waals surface area contributed by atoms with E-state index in [1.807, 2.05) is 30.3 Å². The smallest absolute Gasteiger partial charge is 0.362 e. The number of piperidine rings is 1. The molecule has 0 unspecified atom stereocenters. The number of hydrogen-bond acceptors (Lipinski definition) is 5. The Balaban J connectivity index is 0.00000364. The third-order valence-corrected chi connectivity index (χ3v) is 4.52. The van der Waals surface area contributed by atoms with E-state index in [1.54, 1.807) is 20.8 Å². The average molecular weight is 399 g/mol. The summed E-state index contributed by atoms with van der Waals surface area (Å²) in [5.74, 6) is -1.13. The predicted molar refractivity (Wildman–Crippen MR) is 106 cm³/mol. The number of aryl methyl sites for hydroxylation is 1. The first-order valence-electron chi connectivity index (χ1n) is 9.20. The van der Waals surface area contributed by atoms with E-state index in [-0.39, 0.29) is 24.7 Å². The number of hydrogen-bond donors (Lipinski definition) is 2. The normalized spacial score (nSPS) is 22.7. The lowest BCUT2D eigenvalue weighted by Crippen LogP contribution is -2.69. The molecule has 2 atom stereocenters. The number of benzene rings is 1. The van der Waals surface area contributed by atoms with Gasteiger partial charge >= 0.3 is 5.97 Å². The second kappa shape index (κ2) is 9.53. The van der Waals surface area contributed by atoms with Crippen molar-refractivity contribution in [2.24, 2.45) is 5.73 Å². The Labute approximate surface area is 167 Å². The van der Waals surface area contributed by atoms with Crippen molar-refractivity contribution in [2.45, 2.75) is 70.2 Å². The Bertz CT molecular complexity index is 633. The van der Waals surface area contributed by atoms with Crippen molar-refractivity contribution < 1.29 is 19.4 Å². The van der Waals surface area contributed by atoms with E-state index in [0.29, 0.717) is 25.8 Å². The van der Waals surface area contributed by atoms with E-state index >= 15 is 0 Å². The highest BCUT2D eigenvalue weighted by atomic mass is 35.5. The van der Waals surface area contributed by atoms with Crippen LogP contribution in [0.5, 0.6) is 0 Å². The maximum atomic E-state index is 12.7. The first kappa shape index (κ1) is 23.4. The number of nitrogens with two attached hydrogens (primary N) is 1. The first-order valence-corrected chi connectivity index (χ1v) is 9.20. The highest BCUT2D eigenvalue weighted by Crippen LogP contribution is 2.29. The molecular weight excluding hydrogens is 368 g/mol. The van der Waals surface area contributed by atoms with Crippen LogP contribution in [0.15, 0.2) is 30.3 Å². The molecule has 1 aliphatic heterocycles. The van der Waals surface area contributed by atoms with Crippen LogP contribution in [0.1, 0.15) is 52.0 Å². The van der Waals surface area contributed by atoms with Crippen LogP contribution in [0, 0.1) is 0 Å². The minimum absolute atomic E-state index is 0. The second-order valence-electron chi connectivity index (χ2n) is 7.86. The van der Waals surface area contributed by atoms with Gasteiger partial charge in [-0.2, -0.15) is 0 Å². The third kappa shape index (κ3) is 5.92. The van der Waals surface area contributed by atoms with Crippen LogP contribution in [0.2, 0.25) is 0 Å². The number of carbonyl (C=O) groups excluding carboxylic acids is 2. The number of likely N-dealkylation sites (tertiary alicyclic amines) is 1. The molecule has 0 saturated carbocycles. The standard InChI is InChI=1S/C20H30N2O4.ClH/c1-19(2,3)26-18(24)20(25)16(21)12-8-14-22(20)17(23)13-7-11-15-9-5-4-6-10-15;/h4-6,9-10,16,25H,7-8,11-14,21H2,1-3H3;1H/t16-,20-;/m0./s1. The summed E-state index contributed by atoms with van der Waals surface area (Å²) in [6, 6.07) is 9.04. The molecule has 0 aromatic heterocycles. The van der Waals surface area contributed by atoms with Gasteiger partial charge in [-0.1, -0.05) is 30.3 Å². The molecule has 1 aromatic carbocycles. The molecule has 7 heteroatoms. The van der Waals surface area contributed by atoms with Crippen molar-refractivity contribution in [1.82, 2.24) is 4.90 Å². The lowest BCUT2D eigenvalue weighted by Gasteiger charge is -2.45. The molecule has 0 radical (unpaired) electrons. The van der Waals surface area contributed by atoms with E-state index in [1.165, 1.54) is 4.90 Å². The molecule has 152 valence electrons. The van der Waals surface area contributed by atoms with Crippen molar-refractivity contribution in [1.29, 1.82) is 0 Å². The molecular formula is C20H31ClN2O4. The fourth-order valence-corrected chi connectivity index (χ4v) is 3.19. The van der Waals surface area contributed by atoms with Crippen LogP contribution in [-0.4, -0.2) is 45.8 Å². The fourth-order valence-electron chi connectivity index (χ4n) is 3.19. The van der Waals surface area contributed by atoms with Crippen molar-refractivity contribution in [3.63, 3.8) is 0 Å². The van der Waals surface area contributed by atoms with Crippen LogP contribution in [-0.2, 0) is 20.7 Å². The Morgan fingerprint density at radius 3 is 2.52 bits per heavy atom. The minimum atomic E-state index is -2.10. The zero-order valence-corrected chi connectivity index (χ0v) is 17.1. The molecule has 1 fully saturated rings. The summed E-state index contributed by atoms with van der Waals surface area (Å²) in [5, 5.41) is 11.0. The topological polar surface area (TPSA) is 92.9 Å². The third-order valence-electron chi connectivity index (χ3n) is 4.52. The Morgan fingerprint density at radius 2 is 1.93 bits per heavy atom. The number of amides is 1. The second-order valence-corrected chi connectivity index (χ2v) is 7.86. The number of rotatable bonds is 5. The highest BCUT2D eigenvalue weighted by molar-refractivity contribution is 5.88. The molecule has 27 heavy (non-hydrogen) atoms. The van der Waals surface area contributed by atoms with E-state index < -0.39 is 23.3 Å². The maximum Gasteiger partial charge on any atom is 0.362 e. The van der Waals surface area contributed by atoms with Gasteiger partial charge in [-0.05, 0) is 52.0 Å². The lowest BCUT2D eigenvalue weighted by atomic mass is 9.92. The van der Waals surface area contributed by atoms with Gasteiger partial charge in [-0.15, -0.1) is 12.4 Å². The SMILES string of the molecule is CC(C)(C)OC(=O)[C@@]1(O)[C@@H](N)CCCN1C(=O)CCCc1ccccc1.Cl. The van der Waals surface area contributed by atoms with Crippen LogP contribution in [0.25, 0.3) is 0 Å². The summed E-state index contributed by atoms with van der Waals surface area (Å²) >= 11 is 0. The zero-order valence-electron chi connectivity index (χ0n) is 16.3. The van der Waals surface area contributed by atoms with Gasteiger partial charge in [0.25, 0.3) is 5.72 Å². The van der Waals surface area contributed by atoms with Gasteiger partial charge in [0.15, 0.2) is 0 Å². The summed E-state index contributed by atoms with van der Waals surface area (Å²) in [5.41, 5.74) is 4.31. The van der Waals surface area contributed by atoms with Crippen LogP contribution < -0.4 is 5.73 Å². The van der Waals surface area contributed by atoms with E-state index in [2.05, 4.69) is 0 Å². The van der Waals surface area contributed by atoms with Crippen LogP contribution in [0.4, 0.5) is 0 Å². The Kier molecular flexibility index (Phi) is 8.26. The van der Waals surface area contributed by atoms with Crippen molar-refractivity contribution in [3.8, 4) is 0 Å². The van der Waals surface area contributed by atoms with Gasteiger partial charge in [0, 0.05) is 13.0 Å². The zero-order chi connectivity index (χ0) is 19.4. The molecule has 1 amide bonds. The monoisotopic (exact) mass is 398 g/mol. The summed E-state index contributed by atoms with van der Waals surface area (Å²) in [7, 11) is 0. The van der Waals surface area contributed by atoms with Gasteiger partial charge < -0.3 is 20.5 Å². The van der Waals surface area contributed by atoms with Gasteiger partial charge in [-0.25, -0.2) is 4.79 Å².